The zero-order chi connectivity index (χ0) is 9.78. The minimum atomic E-state index is -0.372. The summed E-state index contributed by atoms with van der Waals surface area (Å²) >= 11 is 0. The van der Waals surface area contributed by atoms with Gasteiger partial charge in [0.2, 0.25) is 0 Å². The Morgan fingerprint density at radius 2 is 1.62 bits per heavy atom. The van der Waals surface area contributed by atoms with Gasteiger partial charge in [-0.25, -0.2) is 0 Å². The predicted octanol–water partition coefficient (Wildman–Crippen LogP) is 1.98. The van der Waals surface area contributed by atoms with E-state index < -0.39 is 0 Å². The van der Waals surface area contributed by atoms with Crippen molar-refractivity contribution in [1.29, 1.82) is 0 Å². The number of carbonyl (C=O) groups excluding carboxylic acids is 2. The van der Waals surface area contributed by atoms with Crippen LogP contribution in [-0.4, -0.2) is 49.3 Å². The van der Waals surface area contributed by atoms with E-state index in [9.17, 15) is 9.59 Å². The molecule has 0 bridgehead atoms. The van der Waals surface area contributed by atoms with Crippen LogP contribution in [0.3, 0.4) is 0 Å². The third-order valence-corrected chi connectivity index (χ3v) is 1.72. The number of hydrogen-bond donors (Lipinski definition) is 0. The maximum atomic E-state index is 11.3. The van der Waals surface area contributed by atoms with E-state index >= 15 is 0 Å². The Bertz CT molecular complexity index is 180. The van der Waals surface area contributed by atoms with Crippen molar-refractivity contribution in [3.63, 3.8) is 0 Å². The van der Waals surface area contributed by atoms with Gasteiger partial charge in [0.05, 0.1) is 6.42 Å². The molecule has 2 nitrogen and oxygen atoms in total. The monoisotopic (exact) mass is 210 g/mol. The Labute approximate surface area is 110 Å². The Morgan fingerprint density at radius 1 is 1.15 bits per heavy atom. The fourth-order valence-corrected chi connectivity index (χ4v) is 0.811. The largest absolute Gasteiger partial charge is 0.299 e. The van der Waals surface area contributed by atoms with Crippen LogP contribution in [0.5, 0.6) is 0 Å². The Kier molecular flexibility index (Phi) is 8.60. The molecular weight excluding hydrogens is 192 g/mol. The van der Waals surface area contributed by atoms with E-state index in [0.717, 1.165) is 6.42 Å². The average Bonchev–Trinajstić information content (AvgIpc) is 1.85. The quantitative estimate of drug-likeness (QED) is 0.525. The molecule has 2 radical (unpaired) electrons. The van der Waals surface area contributed by atoms with E-state index in [0.29, 0.717) is 6.42 Å². The van der Waals surface area contributed by atoms with Crippen molar-refractivity contribution in [1.82, 2.24) is 0 Å². The van der Waals surface area contributed by atoms with Gasteiger partial charge in [-0.15, -0.1) is 0 Å². The third kappa shape index (κ3) is 7.65. The smallest absolute Gasteiger partial charge is 0.145 e. The van der Waals surface area contributed by atoms with E-state index in [1.165, 1.54) is 0 Å². The molecule has 0 heterocycles. The van der Waals surface area contributed by atoms with Crippen LogP contribution in [-0.2, 0) is 9.59 Å². The summed E-state index contributed by atoms with van der Waals surface area (Å²) < 4.78 is 0. The van der Waals surface area contributed by atoms with Crippen molar-refractivity contribution in [3.8, 4) is 0 Å². The summed E-state index contributed by atoms with van der Waals surface area (Å²) in [5, 5.41) is 0. The molecule has 0 amide bonds. The van der Waals surface area contributed by atoms with E-state index in [-0.39, 0.29) is 61.1 Å². The molecule has 0 atom stereocenters. The van der Waals surface area contributed by atoms with Crippen molar-refractivity contribution in [2.75, 3.05) is 0 Å². The Balaban J connectivity index is 0. The standard InChI is InChI=1S/C10H18O2.Ca/c1-5-6-8(11)7-9(12)10(2,3)4;/h5-7H2,1-4H3;. The predicted molar refractivity (Wildman–Crippen MR) is 54.7 cm³/mol. The molecule has 0 aromatic carbocycles. The summed E-state index contributed by atoms with van der Waals surface area (Å²) in [5.74, 6) is 0.110. The summed E-state index contributed by atoms with van der Waals surface area (Å²) in [5.41, 5.74) is -0.372. The molecule has 0 aromatic heterocycles. The molecule has 13 heavy (non-hydrogen) atoms. The SMILES string of the molecule is CCCC(=O)CC(=O)C(C)(C)C.[Ca]. The van der Waals surface area contributed by atoms with Crippen LogP contribution in [0, 0.1) is 5.41 Å². The molecule has 0 saturated heterocycles. The first-order chi connectivity index (χ1) is 5.38. The molecular formula is C10H18CaO2. The van der Waals surface area contributed by atoms with Gasteiger partial charge in [-0.05, 0) is 6.42 Å². The van der Waals surface area contributed by atoms with Gasteiger partial charge in [-0.2, -0.15) is 0 Å². The van der Waals surface area contributed by atoms with Gasteiger partial charge in [-0.3, -0.25) is 9.59 Å². The maximum Gasteiger partial charge on any atom is 0.145 e. The molecule has 0 aliphatic heterocycles. The fourth-order valence-electron chi connectivity index (χ4n) is 0.811. The second-order valence-electron chi connectivity index (χ2n) is 4.14. The van der Waals surface area contributed by atoms with Crippen molar-refractivity contribution < 1.29 is 9.59 Å². The van der Waals surface area contributed by atoms with E-state index in [4.69, 9.17) is 0 Å². The fraction of sp³-hybridized carbons (Fsp3) is 0.800. The van der Waals surface area contributed by atoms with Gasteiger partial charge in [-0.1, -0.05) is 27.7 Å². The van der Waals surface area contributed by atoms with Crippen LogP contribution in [0.25, 0.3) is 0 Å². The second kappa shape index (κ2) is 6.97. The first-order valence-corrected chi connectivity index (χ1v) is 4.43. The molecule has 0 aromatic rings. The van der Waals surface area contributed by atoms with E-state index in [2.05, 4.69) is 0 Å². The summed E-state index contributed by atoms with van der Waals surface area (Å²) in [6.45, 7) is 7.47. The summed E-state index contributed by atoms with van der Waals surface area (Å²) in [6, 6.07) is 0. The van der Waals surface area contributed by atoms with Crippen LogP contribution in [0.15, 0.2) is 0 Å². The molecule has 0 rings (SSSR count). The number of Topliss-reactive ketones (excluding diaryl/α,β-unsaturated/α-hetero) is 2. The summed E-state index contributed by atoms with van der Waals surface area (Å²) in [6.07, 6.45) is 1.47. The van der Waals surface area contributed by atoms with E-state index in [1.807, 2.05) is 27.7 Å². The number of carbonyl (C=O) groups is 2. The van der Waals surface area contributed by atoms with Crippen molar-refractivity contribution in [3.05, 3.63) is 0 Å². The molecule has 0 spiro atoms. The van der Waals surface area contributed by atoms with Gasteiger partial charge in [0.15, 0.2) is 0 Å². The summed E-state index contributed by atoms with van der Waals surface area (Å²) in [7, 11) is 0. The first kappa shape index (κ1) is 16.0. The Hall–Kier alpha value is 0.600. The van der Waals surface area contributed by atoms with Gasteiger partial charge in [0.25, 0.3) is 0 Å². The number of ketones is 2. The molecule has 0 N–H and O–H groups in total. The van der Waals surface area contributed by atoms with Crippen LogP contribution in [0.1, 0.15) is 47.0 Å². The first-order valence-electron chi connectivity index (χ1n) is 4.43. The normalized spacial score (nSPS) is 10.5. The number of rotatable bonds is 4. The molecule has 72 valence electrons. The zero-order valence-electron chi connectivity index (χ0n) is 9.14. The molecule has 0 saturated carbocycles. The van der Waals surface area contributed by atoms with Crippen molar-refractivity contribution >= 4 is 49.3 Å². The molecule has 0 aliphatic carbocycles. The van der Waals surface area contributed by atoms with E-state index in [1.54, 1.807) is 0 Å². The van der Waals surface area contributed by atoms with Crippen LogP contribution in [0.2, 0.25) is 0 Å². The van der Waals surface area contributed by atoms with Gasteiger partial charge < -0.3 is 0 Å². The molecule has 3 heteroatoms. The van der Waals surface area contributed by atoms with Gasteiger partial charge in [0, 0.05) is 49.6 Å². The molecule has 0 aliphatic rings. The molecule has 0 fully saturated rings. The van der Waals surface area contributed by atoms with Crippen LogP contribution < -0.4 is 0 Å². The minimum Gasteiger partial charge on any atom is -0.299 e. The second-order valence-corrected chi connectivity index (χ2v) is 4.14. The average molecular weight is 210 g/mol. The topological polar surface area (TPSA) is 34.1 Å². The zero-order valence-corrected chi connectivity index (χ0v) is 11.4. The number of hydrogen-bond acceptors (Lipinski definition) is 2. The van der Waals surface area contributed by atoms with Crippen LogP contribution in [0.4, 0.5) is 0 Å². The van der Waals surface area contributed by atoms with Crippen molar-refractivity contribution in [2.45, 2.75) is 47.0 Å². The third-order valence-electron chi connectivity index (χ3n) is 1.72. The van der Waals surface area contributed by atoms with Crippen molar-refractivity contribution in [2.24, 2.45) is 5.41 Å². The maximum absolute atomic E-state index is 11.3. The Morgan fingerprint density at radius 3 is 1.92 bits per heavy atom. The minimum absolute atomic E-state index is 0. The molecule has 0 unspecified atom stereocenters. The van der Waals surface area contributed by atoms with Crippen LogP contribution >= 0.6 is 0 Å². The summed E-state index contributed by atoms with van der Waals surface area (Å²) in [4.78, 5) is 22.4. The van der Waals surface area contributed by atoms with Gasteiger partial charge >= 0.3 is 0 Å². The van der Waals surface area contributed by atoms with Gasteiger partial charge in [0.1, 0.15) is 11.6 Å².